The van der Waals surface area contributed by atoms with E-state index in [0.717, 1.165) is 31.9 Å². The zero-order valence-corrected chi connectivity index (χ0v) is 11.3. The number of anilines is 1. The molecule has 90 valence electrons. The molecule has 0 aliphatic rings. The molecule has 0 bridgehead atoms. The van der Waals surface area contributed by atoms with Gasteiger partial charge in [0, 0.05) is 13.1 Å². The van der Waals surface area contributed by atoms with Crippen LogP contribution in [0, 0.1) is 0 Å². The average molecular weight is 261 g/mol. The summed E-state index contributed by atoms with van der Waals surface area (Å²) in [6.45, 7) is 8.35. The maximum atomic E-state index is 6.07. The maximum Gasteiger partial charge on any atom is 0.0823 e. The molecule has 1 aromatic rings. The van der Waals surface area contributed by atoms with Crippen LogP contribution in [-0.4, -0.2) is 31.1 Å². The molecule has 2 nitrogen and oxygen atoms in total. The predicted octanol–water partition coefficient (Wildman–Crippen LogP) is 3.75. The SMILES string of the molecule is CCN(CC)CCNc1cccc(Cl)c1Cl. The van der Waals surface area contributed by atoms with Crippen molar-refractivity contribution >= 4 is 28.9 Å². The Balaban J connectivity index is 2.46. The monoisotopic (exact) mass is 260 g/mol. The highest BCUT2D eigenvalue weighted by molar-refractivity contribution is 6.43. The quantitative estimate of drug-likeness (QED) is 0.839. The Kier molecular flexibility index (Phi) is 5.96. The fraction of sp³-hybridized carbons (Fsp3) is 0.500. The van der Waals surface area contributed by atoms with Gasteiger partial charge in [-0.15, -0.1) is 0 Å². The van der Waals surface area contributed by atoms with Gasteiger partial charge in [0.2, 0.25) is 0 Å². The number of likely N-dealkylation sites (N-methyl/N-ethyl adjacent to an activating group) is 1. The Labute approximate surface area is 108 Å². The fourth-order valence-electron chi connectivity index (χ4n) is 1.53. The summed E-state index contributed by atoms with van der Waals surface area (Å²) in [5, 5.41) is 4.49. The average Bonchev–Trinajstić information content (AvgIpc) is 2.30. The minimum Gasteiger partial charge on any atom is -0.383 e. The molecule has 0 spiro atoms. The van der Waals surface area contributed by atoms with Crippen molar-refractivity contribution in [3.8, 4) is 0 Å². The zero-order chi connectivity index (χ0) is 12.0. The van der Waals surface area contributed by atoms with Gasteiger partial charge in [0.05, 0.1) is 15.7 Å². The van der Waals surface area contributed by atoms with Crippen LogP contribution in [0.1, 0.15) is 13.8 Å². The summed E-state index contributed by atoms with van der Waals surface area (Å²) in [5.74, 6) is 0. The molecular weight excluding hydrogens is 243 g/mol. The molecule has 1 rings (SSSR count). The maximum absolute atomic E-state index is 6.07. The summed E-state index contributed by atoms with van der Waals surface area (Å²) >= 11 is 12.0. The van der Waals surface area contributed by atoms with Crippen LogP contribution in [-0.2, 0) is 0 Å². The largest absolute Gasteiger partial charge is 0.383 e. The minimum absolute atomic E-state index is 0.592. The number of benzene rings is 1. The van der Waals surface area contributed by atoms with Crippen LogP contribution >= 0.6 is 23.2 Å². The number of nitrogens with one attached hydrogen (secondary N) is 1. The molecule has 0 saturated heterocycles. The normalized spacial score (nSPS) is 10.8. The first-order valence-electron chi connectivity index (χ1n) is 5.59. The van der Waals surface area contributed by atoms with Crippen molar-refractivity contribution in [3.63, 3.8) is 0 Å². The molecule has 0 radical (unpaired) electrons. The Bertz CT molecular complexity index is 325. The third-order valence-corrected chi connectivity index (χ3v) is 3.41. The zero-order valence-electron chi connectivity index (χ0n) is 9.76. The molecular formula is C12H18Cl2N2. The smallest absolute Gasteiger partial charge is 0.0823 e. The van der Waals surface area contributed by atoms with Gasteiger partial charge in [-0.05, 0) is 25.2 Å². The second kappa shape index (κ2) is 7.00. The van der Waals surface area contributed by atoms with Crippen molar-refractivity contribution in [2.75, 3.05) is 31.5 Å². The second-order valence-electron chi connectivity index (χ2n) is 3.56. The van der Waals surface area contributed by atoms with E-state index in [9.17, 15) is 0 Å². The molecule has 0 heterocycles. The van der Waals surface area contributed by atoms with Gasteiger partial charge in [-0.1, -0.05) is 43.1 Å². The molecule has 0 amide bonds. The van der Waals surface area contributed by atoms with E-state index in [1.807, 2.05) is 12.1 Å². The topological polar surface area (TPSA) is 15.3 Å². The molecule has 4 heteroatoms. The highest BCUT2D eigenvalue weighted by Crippen LogP contribution is 2.29. The van der Waals surface area contributed by atoms with Crippen molar-refractivity contribution in [3.05, 3.63) is 28.2 Å². The number of hydrogen-bond acceptors (Lipinski definition) is 2. The van der Waals surface area contributed by atoms with Crippen molar-refractivity contribution in [2.45, 2.75) is 13.8 Å². The van der Waals surface area contributed by atoms with Gasteiger partial charge in [0.25, 0.3) is 0 Å². The van der Waals surface area contributed by atoms with Crippen molar-refractivity contribution in [1.82, 2.24) is 4.90 Å². The molecule has 0 aliphatic carbocycles. The van der Waals surface area contributed by atoms with E-state index >= 15 is 0 Å². The van der Waals surface area contributed by atoms with Crippen LogP contribution in [0.4, 0.5) is 5.69 Å². The Morgan fingerprint density at radius 3 is 2.50 bits per heavy atom. The lowest BCUT2D eigenvalue weighted by Crippen LogP contribution is -2.28. The summed E-state index contributed by atoms with van der Waals surface area (Å²) in [7, 11) is 0. The van der Waals surface area contributed by atoms with E-state index in [-0.39, 0.29) is 0 Å². The second-order valence-corrected chi connectivity index (χ2v) is 4.34. The van der Waals surface area contributed by atoms with Gasteiger partial charge >= 0.3 is 0 Å². The third kappa shape index (κ3) is 3.85. The predicted molar refractivity (Wildman–Crippen MR) is 72.7 cm³/mol. The summed E-state index contributed by atoms with van der Waals surface area (Å²) in [4.78, 5) is 2.35. The van der Waals surface area contributed by atoms with Gasteiger partial charge in [0.1, 0.15) is 0 Å². The summed E-state index contributed by atoms with van der Waals surface area (Å²) in [6, 6.07) is 5.63. The van der Waals surface area contributed by atoms with Crippen LogP contribution < -0.4 is 5.32 Å². The van der Waals surface area contributed by atoms with Gasteiger partial charge in [0.15, 0.2) is 0 Å². The molecule has 16 heavy (non-hydrogen) atoms. The number of hydrogen-bond donors (Lipinski definition) is 1. The van der Waals surface area contributed by atoms with Crippen molar-refractivity contribution in [1.29, 1.82) is 0 Å². The molecule has 0 fully saturated rings. The van der Waals surface area contributed by atoms with Gasteiger partial charge in [-0.2, -0.15) is 0 Å². The molecule has 1 aromatic carbocycles. The fourth-order valence-corrected chi connectivity index (χ4v) is 1.90. The van der Waals surface area contributed by atoms with E-state index in [2.05, 4.69) is 24.1 Å². The minimum atomic E-state index is 0.592. The summed E-state index contributed by atoms with van der Waals surface area (Å²) in [5.41, 5.74) is 0.904. The van der Waals surface area contributed by atoms with E-state index in [1.54, 1.807) is 6.07 Å². The van der Waals surface area contributed by atoms with Crippen LogP contribution in [0.5, 0.6) is 0 Å². The third-order valence-electron chi connectivity index (χ3n) is 2.59. The molecule has 0 aromatic heterocycles. The summed E-state index contributed by atoms with van der Waals surface area (Å²) in [6.07, 6.45) is 0. The first-order chi connectivity index (χ1) is 7.69. The van der Waals surface area contributed by atoms with Crippen LogP contribution in [0.3, 0.4) is 0 Å². The molecule has 0 aliphatic heterocycles. The van der Waals surface area contributed by atoms with Gasteiger partial charge < -0.3 is 10.2 Å². The first-order valence-corrected chi connectivity index (χ1v) is 6.34. The molecule has 1 N–H and O–H groups in total. The van der Waals surface area contributed by atoms with Gasteiger partial charge in [-0.25, -0.2) is 0 Å². The van der Waals surface area contributed by atoms with Crippen LogP contribution in [0.2, 0.25) is 10.0 Å². The molecule has 0 saturated carbocycles. The van der Waals surface area contributed by atoms with Crippen molar-refractivity contribution in [2.24, 2.45) is 0 Å². The number of rotatable bonds is 6. The Hall–Kier alpha value is -0.440. The number of halogens is 2. The lowest BCUT2D eigenvalue weighted by atomic mass is 10.3. The van der Waals surface area contributed by atoms with E-state index in [0.29, 0.717) is 10.0 Å². The number of nitrogens with zero attached hydrogens (tertiary/aromatic N) is 1. The Morgan fingerprint density at radius 1 is 1.19 bits per heavy atom. The molecule has 0 atom stereocenters. The van der Waals surface area contributed by atoms with E-state index in [4.69, 9.17) is 23.2 Å². The standard InChI is InChI=1S/C12H18Cl2N2/c1-3-16(4-2)9-8-15-11-7-5-6-10(13)12(11)14/h5-7,15H,3-4,8-9H2,1-2H3. The molecule has 0 unspecified atom stereocenters. The highest BCUT2D eigenvalue weighted by Gasteiger charge is 2.04. The van der Waals surface area contributed by atoms with Gasteiger partial charge in [-0.3, -0.25) is 0 Å². The first kappa shape index (κ1) is 13.6. The highest BCUT2D eigenvalue weighted by atomic mass is 35.5. The summed E-state index contributed by atoms with van der Waals surface area (Å²) < 4.78 is 0. The lowest BCUT2D eigenvalue weighted by molar-refractivity contribution is 0.316. The lowest BCUT2D eigenvalue weighted by Gasteiger charge is -2.18. The van der Waals surface area contributed by atoms with Crippen LogP contribution in [0.25, 0.3) is 0 Å². The Morgan fingerprint density at radius 2 is 1.88 bits per heavy atom. The van der Waals surface area contributed by atoms with Crippen molar-refractivity contribution < 1.29 is 0 Å². The van der Waals surface area contributed by atoms with E-state index in [1.165, 1.54) is 0 Å². The van der Waals surface area contributed by atoms with E-state index < -0.39 is 0 Å². The van der Waals surface area contributed by atoms with Crippen LogP contribution in [0.15, 0.2) is 18.2 Å².